The third-order valence-corrected chi connectivity index (χ3v) is 3.73. The van der Waals surface area contributed by atoms with Gasteiger partial charge in [-0.05, 0) is 31.7 Å². The van der Waals surface area contributed by atoms with E-state index in [0.29, 0.717) is 24.7 Å². The summed E-state index contributed by atoms with van der Waals surface area (Å²) in [5.41, 5.74) is 6.25. The zero-order valence-electron chi connectivity index (χ0n) is 11.2. The van der Waals surface area contributed by atoms with Gasteiger partial charge in [-0.25, -0.2) is 9.18 Å². The number of nitrogens with two attached hydrogens (primary N) is 1. The number of rotatable bonds is 6. The molecule has 1 saturated carbocycles. The Bertz CT molecular complexity index is 503. The summed E-state index contributed by atoms with van der Waals surface area (Å²) in [7, 11) is 0. The Morgan fingerprint density at radius 1 is 1.45 bits per heavy atom. The van der Waals surface area contributed by atoms with E-state index >= 15 is 0 Å². The van der Waals surface area contributed by atoms with Crippen LogP contribution in [0.25, 0.3) is 0 Å². The summed E-state index contributed by atoms with van der Waals surface area (Å²) in [6, 6.07) is 2.64. The Hall–Kier alpha value is -1.82. The Balaban J connectivity index is 2.32. The first-order chi connectivity index (χ1) is 9.54. The first kappa shape index (κ1) is 14.6. The number of carbonyl (C=O) groups is 1. The van der Waals surface area contributed by atoms with Crippen LogP contribution in [0.4, 0.5) is 15.8 Å². The van der Waals surface area contributed by atoms with Crippen molar-refractivity contribution in [2.24, 2.45) is 0 Å². The van der Waals surface area contributed by atoms with Gasteiger partial charge in [0.2, 0.25) is 0 Å². The largest absolute Gasteiger partial charge is 0.478 e. The van der Waals surface area contributed by atoms with E-state index in [0.717, 1.165) is 25.3 Å². The topological polar surface area (TPSA) is 86.8 Å². The van der Waals surface area contributed by atoms with Crippen molar-refractivity contribution in [2.75, 3.05) is 23.8 Å². The standard InChI is InChI=1S/C14H19FN2O3/c15-11-8-13(12(16)7-10(11)14(19)20)17(5-2-6-18)9-3-1-4-9/h7-9,18H,1-6,16H2,(H,19,20). The number of hydrogen-bond acceptors (Lipinski definition) is 4. The summed E-state index contributed by atoms with van der Waals surface area (Å²) < 4.78 is 13.8. The van der Waals surface area contributed by atoms with Gasteiger partial charge in [0.05, 0.1) is 16.9 Å². The average Bonchev–Trinajstić information content (AvgIpc) is 2.34. The molecule has 0 saturated heterocycles. The fraction of sp³-hybridized carbons (Fsp3) is 0.500. The smallest absolute Gasteiger partial charge is 0.338 e. The molecule has 1 aromatic rings. The number of nitrogens with zero attached hydrogens (tertiary/aromatic N) is 1. The quantitative estimate of drug-likeness (QED) is 0.693. The number of aliphatic hydroxyl groups is 1. The number of aromatic carboxylic acids is 1. The van der Waals surface area contributed by atoms with Crippen LogP contribution in [0.2, 0.25) is 0 Å². The first-order valence-corrected chi connectivity index (χ1v) is 6.74. The first-order valence-electron chi connectivity index (χ1n) is 6.74. The van der Waals surface area contributed by atoms with E-state index in [9.17, 15) is 9.18 Å². The van der Waals surface area contributed by atoms with Crippen LogP contribution >= 0.6 is 0 Å². The number of anilines is 2. The SMILES string of the molecule is Nc1cc(C(=O)O)c(F)cc1N(CCCO)C1CCC1. The predicted molar refractivity (Wildman–Crippen MR) is 74.5 cm³/mol. The highest BCUT2D eigenvalue weighted by Gasteiger charge is 2.27. The zero-order valence-corrected chi connectivity index (χ0v) is 11.2. The van der Waals surface area contributed by atoms with Crippen molar-refractivity contribution < 1.29 is 19.4 Å². The van der Waals surface area contributed by atoms with Crippen molar-refractivity contribution in [1.82, 2.24) is 0 Å². The molecule has 5 nitrogen and oxygen atoms in total. The summed E-state index contributed by atoms with van der Waals surface area (Å²) in [4.78, 5) is 12.9. The van der Waals surface area contributed by atoms with Gasteiger partial charge in [-0.1, -0.05) is 0 Å². The normalized spacial score (nSPS) is 14.9. The Morgan fingerprint density at radius 3 is 2.65 bits per heavy atom. The van der Waals surface area contributed by atoms with E-state index in [1.165, 1.54) is 6.07 Å². The molecule has 1 fully saturated rings. The molecule has 0 aromatic heterocycles. The molecule has 0 amide bonds. The van der Waals surface area contributed by atoms with E-state index in [2.05, 4.69) is 0 Å². The van der Waals surface area contributed by atoms with Gasteiger partial charge < -0.3 is 20.8 Å². The summed E-state index contributed by atoms with van der Waals surface area (Å²) in [5.74, 6) is -2.11. The van der Waals surface area contributed by atoms with Crippen LogP contribution in [0.5, 0.6) is 0 Å². The number of halogens is 1. The minimum absolute atomic E-state index is 0.0544. The Morgan fingerprint density at radius 2 is 2.15 bits per heavy atom. The van der Waals surface area contributed by atoms with Crippen LogP contribution in [0.15, 0.2) is 12.1 Å². The van der Waals surface area contributed by atoms with Crippen molar-refractivity contribution in [1.29, 1.82) is 0 Å². The molecule has 0 bridgehead atoms. The number of carboxylic acid groups (broad SMARTS) is 1. The van der Waals surface area contributed by atoms with E-state index in [1.54, 1.807) is 0 Å². The minimum atomic E-state index is -1.33. The molecule has 0 aliphatic heterocycles. The van der Waals surface area contributed by atoms with Crippen LogP contribution in [-0.4, -0.2) is 35.4 Å². The Kier molecular flexibility index (Phi) is 4.44. The van der Waals surface area contributed by atoms with Crippen molar-refractivity contribution in [3.8, 4) is 0 Å². The third-order valence-electron chi connectivity index (χ3n) is 3.73. The lowest BCUT2D eigenvalue weighted by Gasteiger charge is -2.40. The lowest BCUT2D eigenvalue weighted by molar-refractivity contribution is 0.0692. The molecule has 6 heteroatoms. The molecule has 0 heterocycles. The molecule has 2 rings (SSSR count). The molecule has 0 radical (unpaired) electrons. The maximum absolute atomic E-state index is 13.8. The second kappa shape index (κ2) is 6.09. The van der Waals surface area contributed by atoms with Crippen LogP contribution in [-0.2, 0) is 0 Å². The molecular formula is C14H19FN2O3. The second-order valence-electron chi connectivity index (χ2n) is 5.05. The fourth-order valence-corrected chi connectivity index (χ4v) is 2.43. The van der Waals surface area contributed by atoms with Crippen LogP contribution in [0.3, 0.4) is 0 Å². The highest BCUT2D eigenvalue weighted by Crippen LogP contribution is 2.34. The van der Waals surface area contributed by atoms with Gasteiger partial charge in [0.15, 0.2) is 0 Å². The summed E-state index contributed by atoms with van der Waals surface area (Å²) in [5, 5.41) is 17.9. The molecule has 1 aromatic carbocycles. The summed E-state index contributed by atoms with van der Waals surface area (Å²) in [6.45, 7) is 0.635. The van der Waals surface area contributed by atoms with Gasteiger partial charge in [0.25, 0.3) is 0 Å². The van der Waals surface area contributed by atoms with Gasteiger partial charge in [-0.15, -0.1) is 0 Å². The predicted octanol–water partition coefficient (Wildman–Crippen LogP) is 1.85. The lowest BCUT2D eigenvalue weighted by Crippen LogP contribution is -2.41. The summed E-state index contributed by atoms with van der Waals surface area (Å²) >= 11 is 0. The fourth-order valence-electron chi connectivity index (χ4n) is 2.43. The number of hydrogen-bond donors (Lipinski definition) is 3. The van der Waals surface area contributed by atoms with Gasteiger partial charge in [0, 0.05) is 25.3 Å². The minimum Gasteiger partial charge on any atom is -0.478 e. The average molecular weight is 282 g/mol. The van der Waals surface area contributed by atoms with Crippen LogP contribution in [0.1, 0.15) is 36.0 Å². The van der Waals surface area contributed by atoms with Crippen molar-refractivity contribution >= 4 is 17.3 Å². The molecule has 0 unspecified atom stereocenters. The zero-order chi connectivity index (χ0) is 14.7. The lowest BCUT2D eigenvalue weighted by atomic mass is 9.90. The number of carboxylic acids is 1. The maximum atomic E-state index is 13.8. The van der Waals surface area contributed by atoms with E-state index in [1.807, 2.05) is 4.90 Å². The van der Waals surface area contributed by atoms with Crippen LogP contribution < -0.4 is 10.6 Å². The molecule has 1 aliphatic rings. The Labute approximate surface area is 116 Å². The maximum Gasteiger partial charge on any atom is 0.338 e. The third kappa shape index (κ3) is 2.85. The molecule has 0 atom stereocenters. The molecule has 20 heavy (non-hydrogen) atoms. The van der Waals surface area contributed by atoms with Crippen molar-refractivity contribution in [2.45, 2.75) is 31.7 Å². The van der Waals surface area contributed by atoms with E-state index < -0.39 is 17.3 Å². The highest BCUT2D eigenvalue weighted by atomic mass is 19.1. The van der Waals surface area contributed by atoms with Gasteiger partial charge in [0.1, 0.15) is 5.82 Å². The highest BCUT2D eigenvalue weighted by molar-refractivity contribution is 5.91. The number of aliphatic hydroxyl groups excluding tert-OH is 1. The van der Waals surface area contributed by atoms with E-state index in [4.69, 9.17) is 15.9 Å². The number of benzene rings is 1. The van der Waals surface area contributed by atoms with E-state index in [-0.39, 0.29) is 12.3 Å². The number of nitrogen functional groups attached to an aromatic ring is 1. The molecule has 4 N–H and O–H groups in total. The molecule has 1 aliphatic carbocycles. The van der Waals surface area contributed by atoms with Crippen LogP contribution in [0, 0.1) is 5.82 Å². The van der Waals surface area contributed by atoms with Crippen molar-refractivity contribution in [3.63, 3.8) is 0 Å². The second-order valence-corrected chi connectivity index (χ2v) is 5.05. The molecule has 0 spiro atoms. The van der Waals surface area contributed by atoms with Gasteiger partial charge in [-0.2, -0.15) is 0 Å². The summed E-state index contributed by atoms with van der Waals surface area (Å²) in [6.07, 6.45) is 3.70. The molecular weight excluding hydrogens is 263 g/mol. The van der Waals surface area contributed by atoms with Gasteiger partial charge >= 0.3 is 5.97 Å². The van der Waals surface area contributed by atoms with Gasteiger partial charge in [-0.3, -0.25) is 0 Å². The van der Waals surface area contributed by atoms with Crippen molar-refractivity contribution in [3.05, 3.63) is 23.5 Å². The monoisotopic (exact) mass is 282 g/mol. The molecule has 110 valence electrons.